The highest BCUT2D eigenvalue weighted by atomic mass is 32.1. The normalized spacial score (nSPS) is 16.4. The number of rotatable bonds is 7. The molecule has 1 N–H and O–H groups in total. The van der Waals surface area contributed by atoms with E-state index in [4.69, 9.17) is 4.74 Å². The number of ether oxygens (including phenoxy) is 1. The van der Waals surface area contributed by atoms with Crippen LogP contribution in [0.4, 0.5) is 5.13 Å². The van der Waals surface area contributed by atoms with E-state index in [0.29, 0.717) is 0 Å². The van der Waals surface area contributed by atoms with Crippen molar-refractivity contribution in [3.05, 3.63) is 4.88 Å². The second kappa shape index (κ2) is 7.81. The molecule has 114 valence electrons. The monoisotopic (exact) mass is 298 g/mol. The molecule has 1 aliphatic heterocycles. The predicted molar refractivity (Wildman–Crippen MR) is 85.0 cm³/mol. The highest BCUT2D eigenvalue weighted by Crippen LogP contribution is 2.30. The smallest absolute Gasteiger partial charge is 0.230 e. The van der Waals surface area contributed by atoms with E-state index < -0.39 is 0 Å². The summed E-state index contributed by atoms with van der Waals surface area (Å²) in [5, 5.41) is 4.50. The van der Waals surface area contributed by atoms with E-state index in [1.54, 1.807) is 18.4 Å². The lowest BCUT2D eigenvalue weighted by Crippen LogP contribution is -2.35. The second-order valence-corrected chi connectivity index (χ2v) is 6.46. The summed E-state index contributed by atoms with van der Waals surface area (Å²) in [4.78, 5) is 10.2. The number of methoxy groups -OCH3 is 1. The first kappa shape index (κ1) is 15.5. The van der Waals surface area contributed by atoms with Crippen molar-refractivity contribution >= 4 is 16.5 Å². The molecule has 1 aliphatic rings. The fraction of sp³-hybridized carbons (Fsp3) is 0.786. The first-order valence-electron chi connectivity index (χ1n) is 7.35. The molecule has 2 rings (SSSR count). The van der Waals surface area contributed by atoms with Crippen LogP contribution in [0.25, 0.3) is 0 Å². The van der Waals surface area contributed by atoms with Gasteiger partial charge < -0.3 is 19.9 Å². The van der Waals surface area contributed by atoms with Gasteiger partial charge in [0.05, 0.1) is 12.0 Å². The van der Waals surface area contributed by atoms with Crippen molar-refractivity contribution in [2.75, 3.05) is 52.3 Å². The van der Waals surface area contributed by atoms with Crippen LogP contribution in [-0.4, -0.2) is 57.3 Å². The maximum Gasteiger partial charge on any atom is 0.230 e. The van der Waals surface area contributed by atoms with Gasteiger partial charge in [0.2, 0.25) is 5.88 Å². The minimum Gasteiger partial charge on any atom is -0.480 e. The molecule has 20 heavy (non-hydrogen) atoms. The van der Waals surface area contributed by atoms with E-state index >= 15 is 0 Å². The molecule has 6 heteroatoms. The van der Waals surface area contributed by atoms with Crippen LogP contribution in [0.3, 0.4) is 0 Å². The second-order valence-electron chi connectivity index (χ2n) is 5.40. The summed E-state index contributed by atoms with van der Waals surface area (Å²) >= 11 is 1.69. The van der Waals surface area contributed by atoms with E-state index in [0.717, 1.165) is 30.6 Å². The van der Waals surface area contributed by atoms with Gasteiger partial charge in [-0.25, -0.2) is 0 Å². The molecule has 1 fully saturated rings. The van der Waals surface area contributed by atoms with Gasteiger partial charge in [0.15, 0.2) is 5.13 Å². The fourth-order valence-electron chi connectivity index (χ4n) is 2.41. The SMILES string of the molecule is COc1nc(N(C)C)sc1CNCCN1CCCCC1. The number of hydrogen-bond donors (Lipinski definition) is 1. The van der Waals surface area contributed by atoms with E-state index in [9.17, 15) is 0 Å². The van der Waals surface area contributed by atoms with Crippen LogP contribution in [0, 0.1) is 0 Å². The highest BCUT2D eigenvalue weighted by Gasteiger charge is 2.13. The van der Waals surface area contributed by atoms with Gasteiger partial charge in [-0.05, 0) is 25.9 Å². The number of piperidine rings is 1. The Balaban J connectivity index is 1.75. The summed E-state index contributed by atoms with van der Waals surface area (Å²) in [6, 6.07) is 0. The molecule has 0 saturated carbocycles. The van der Waals surface area contributed by atoms with Gasteiger partial charge in [0.25, 0.3) is 0 Å². The summed E-state index contributed by atoms with van der Waals surface area (Å²) in [5.74, 6) is 0.754. The zero-order chi connectivity index (χ0) is 14.4. The van der Waals surface area contributed by atoms with Crippen molar-refractivity contribution in [3.8, 4) is 5.88 Å². The number of likely N-dealkylation sites (tertiary alicyclic amines) is 1. The maximum atomic E-state index is 5.35. The van der Waals surface area contributed by atoms with Crippen molar-refractivity contribution in [2.24, 2.45) is 0 Å². The summed E-state index contributed by atoms with van der Waals surface area (Å²) in [7, 11) is 5.70. The van der Waals surface area contributed by atoms with Gasteiger partial charge in [0.1, 0.15) is 0 Å². The standard InChI is InChI=1S/C14H26N4OS/c1-17(2)14-16-13(19-3)12(20-14)11-15-7-10-18-8-5-4-6-9-18/h15H,4-11H2,1-3H3. The third kappa shape index (κ3) is 4.33. The zero-order valence-electron chi connectivity index (χ0n) is 12.8. The Morgan fingerprint density at radius 1 is 1.30 bits per heavy atom. The highest BCUT2D eigenvalue weighted by molar-refractivity contribution is 7.15. The molecule has 5 nitrogen and oxygen atoms in total. The summed E-state index contributed by atoms with van der Waals surface area (Å²) in [5.41, 5.74) is 0. The summed E-state index contributed by atoms with van der Waals surface area (Å²) in [6.07, 6.45) is 4.11. The van der Waals surface area contributed by atoms with Crippen LogP contribution in [0.15, 0.2) is 0 Å². The lowest BCUT2D eigenvalue weighted by atomic mass is 10.1. The topological polar surface area (TPSA) is 40.6 Å². The predicted octanol–water partition coefficient (Wildman–Crippen LogP) is 1.79. The average molecular weight is 298 g/mol. The van der Waals surface area contributed by atoms with E-state index in [2.05, 4.69) is 15.2 Å². The van der Waals surface area contributed by atoms with Crippen LogP contribution < -0.4 is 15.0 Å². The number of nitrogens with one attached hydrogen (secondary N) is 1. The Morgan fingerprint density at radius 2 is 2.05 bits per heavy atom. The van der Waals surface area contributed by atoms with Gasteiger partial charge in [0, 0.05) is 33.7 Å². The summed E-state index contributed by atoms with van der Waals surface area (Å²) < 4.78 is 5.35. The van der Waals surface area contributed by atoms with Crippen molar-refractivity contribution in [1.82, 2.24) is 15.2 Å². The van der Waals surface area contributed by atoms with Crippen LogP contribution in [-0.2, 0) is 6.54 Å². The van der Waals surface area contributed by atoms with Crippen LogP contribution in [0.1, 0.15) is 24.1 Å². The average Bonchev–Trinajstić information content (AvgIpc) is 2.88. The first-order chi connectivity index (χ1) is 9.70. The first-order valence-corrected chi connectivity index (χ1v) is 8.16. The van der Waals surface area contributed by atoms with Crippen molar-refractivity contribution in [1.29, 1.82) is 0 Å². The number of aromatic nitrogens is 1. The van der Waals surface area contributed by atoms with E-state index in [-0.39, 0.29) is 0 Å². The quantitative estimate of drug-likeness (QED) is 0.777. The maximum absolute atomic E-state index is 5.35. The Hall–Kier alpha value is -0.850. The summed E-state index contributed by atoms with van der Waals surface area (Å²) in [6.45, 7) is 5.52. The molecule has 0 aromatic carbocycles. The largest absolute Gasteiger partial charge is 0.480 e. The zero-order valence-corrected chi connectivity index (χ0v) is 13.6. The molecule has 0 unspecified atom stereocenters. The molecule has 1 saturated heterocycles. The van der Waals surface area contributed by atoms with Crippen LogP contribution >= 0.6 is 11.3 Å². The molecule has 2 heterocycles. The molecule has 0 atom stereocenters. The molecule has 1 aromatic rings. The van der Waals surface area contributed by atoms with Crippen LogP contribution in [0.5, 0.6) is 5.88 Å². The Kier molecular flexibility index (Phi) is 6.06. The minimum atomic E-state index is 0.754. The van der Waals surface area contributed by atoms with E-state index in [1.807, 2.05) is 19.0 Å². The number of anilines is 1. The molecule has 0 bridgehead atoms. The molecular formula is C14H26N4OS. The Bertz CT molecular complexity index is 402. The van der Waals surface area contributed by atoms with Gasteiger partial charge in [-0.1, -0.05) is 17.8 Å². The van der Waals surface area contributed by atoms with Crippen molar-refractivity contribution < 1.29 is 4.74 Å². The van der Waals surface area contributed by atoms with Gasteiger partial charge in [-0.15, -0.1) is 0 Å². The third-order valence-corrected chi connectivity index (χ3v) is 4.77. The lowest BCUT2D eigenvalue weighted by Gasteiger charge is -2.26. The Morgan fingerprint density at radius 3 is 2.70 bits per heavy atom. The fourth-order valence-corrected chi connectivity index (χ4v) is 3.33. The third-order valence-electron chi connectivity index (χ3n) is 3.57. The lowest BCUT2D eigenvalue weighted by molar-refractivity contribution is 0.229. The van der Waals surface area contributed by atoms with Crippen molar-refractivity contribution in [3.63, 3.8) is 0 Å². The number of thiazole rings is 1. The van der Waals surface area contributed by atoms with Gasteiger partial charge >= 0.3 is 0 Å². The van der Waals surface area contributed by atoms with E-state index in [1.165, 1.54) is 37.2 Å². The number of hydrogen-bond acceptors (Lipinski definition) is 6. The molecule has 0 amide bonds. The molecule has 1 aromatic heterocycles. The molecule has 0 spiro atoms. The van der Waals surface area contributed by atoms with Crippen LogP contribution in [0.2, 0.25) is 0 Å². The minimum absolute atomic E-state index is 0.754. The van der Waals surface area contributed by atoms with Gasteiger partial charge in [-0.2, -0.15) is 4.98 Å². The van der Waals surface area contributed by atoms with Gasteiger partial charge in [-0.3, -0.25) is 0 Å². The van der Waals surface area contributed by atoms with Crippen molar-refractivity contribution in [2.45, 2.75) is 25.8 Å². The Labute approximate surface area is 125 Å². The molecular weight excluding hydrogens is 272 g/mol. The number of nitrogens with zero attached hydrogens (tertiary/aromatic N) is 3. The molecule has 0 radical (unpaired) electrons. The molecule has 0 aliphatic carbocycles.